The van der Waals surface area contributed by atoms with E-state index in [0.717, 1.165) is 28.6 Å². The molecule has 1 aromatic heterocycles. The van der Waals surface area contributed by atoms with Gasteiger partial charge in [0.25, 0.3) is 0 Å². The van der Waals surface area contributed by atoms with Gasteiger partial charge in [-0.2, -0.15) is 5.10 Å². The highest BCUT2D eigenvalue weighted by atomic mass is 79.9. The molecular weight excluding hydrogens is 328 g/mol. The first kappa shape index (κ1) is 14.5. The van der Waals surface area contributed by atoms with Gasteiger partial charge in [0, 0.05) is 17.2 Å². The summed E-state index contributed by atoms with van der Waals surface area (Å²) < 4.78 is 2.77. The van der Waals surface area contributed by atoms with E-state index in [1.165, 1.54) is 0 Å². The molecule has 6 heteroatoms. The van der Waals surface area contributed by atoms with Crippen LogP contribution in [0.1, 0.15) is 24.1 Å². The molecule has 0 fully saturated rings. The molecule has 0 saturated carbocycles. The fourth-order valence-electron chi connectivity index (χ4n) is 1.97. The Morgan fingerprint density at radius 2 is 2.32 bits per heavy atom. The molecule has 0 aliphatic carbocycles. The van der Waals surface area contributed by atoms with Crippen molar-refractivity contribution in [1.29, 1.82) is 0 Å². The summed E-state index contributed by atoms with van der Waals surface area (Å²) in [7, 11) is 0. The summed E-state index contributed by atoms with van der Waals surface area (Å²) in [6.45, 7) is 2.92. The van der Waals surface area contributed by atoms with E-state index in [0.29, 0.717) is 5.02 Å². The number of benzene rings is 1. The molecule has 1 unspecified atom stereocenters. The minimum Gasteiger partial charge on any atom is -0.273 e. The van der Waals surface area contributed by atoms with Crippen LogP contribution in [0.5, 0.6) is 0 Å². The predicted molar refractivity (Wildman–Crippen MR) is 80.8 cm³/mol. The minimum absolute atomic E-state index is 0.0421. The van der Waals surface area contributed by atoms with Gasteiger partial charge in [-0.3, -0.25) is 16.0 Å². The first-order valence-electron chi connectivity index (χ1n) is 6.07. The van der Waals surface area contributed by atoms with Crippen LogP contribution >= 0.6 is 27.5 Å². The van der Waals surface area contributed by atoms with Gasteiger partial charge in [-0.15, -0.1) is 0 Å². The van der Waals surface area contributed by atoms with Crippen LogP contribution in [0.2, 0.25) is 5.02 Å². The number of aryl methyl sites for hydroxylation is 1. The van der Waals surface area contributed by atoms with Gasteiger partial charge in [-0.25, -0.2) is 0 Å². The van der Waals surface area contributed by atoms with E-state index < -0.39 is 0 Å². The SMILES string of the molecule is CCn1cc(CC(NN)c2cccc(Br)c2Cl)cn1. The fourth-order valence-corrected chi connectivity index (χ4v) is 2.61. The lowest BCUT2D eigenvalue weighted by atomic mass is 10.0. The van der Waals surface area contributed by atoms with Gasteiger partial charge in [-0.05, 0) is 46.5 Å². The van der Waals surface area contributed by atoms with Gasteiger partial charge in [-0.1, -0.05) is 23.7 Å². The Hall–Kier alpha value is -0.880. The molecule has 0 radical (unpaired) electrons. The maximum Gasteiger partial charge on any atom is 0.0596 e. The van der Waals surface area contributed by atoms with Crippen LogP contribution in [0.15, 0.2) is 35.1 Å². The molecule has 0 aliphatic heterocycles. The molecule has 19 heavy (non-hydrogen) atoms. The van der Waals surface area contributed by atoms with Crippen molar-refractivity contribution >= 4 is 27.5 Å². The Labute approximate surface area is 126 Å². The van der Waals surface area contributed by atoms with E-state index in [-0.39, 0.29) is 6.04 Å². The molecule has 0 bridgehead atoms. The normalized spacial score (nSPS) is 12.6. The summed E-state index contributed by atoms with van der Waals surface area (Å²) in [5.74, 6) is 5.66. The van der Waals surface area contributed by atoms with Gasteiger partial charge < -0.3 is 0 Å². The Morgan fingerprint density at radius 1 is 1.53 bits per heavy atom. The van der Waals surface area contributed by atoms with Gasteiger partial charge in [0.2, 0.25) is 0 Å². The maximum absolute atomic E-state index is 6.30. The monoisotopic (exact) mass is 342 g/mol. The van der Waals surface area contributed by atoms with Crippen molar-refractivity contribution in [3.05, 3.63) is 51.2 Å². The van der Waals surface area contributed by atoms with Crippen molar-refractivity contribution < 1.29 is 0 Å². The van der Waals surface area contributed by atoms with Crippen LogP contribution in [0.25, 0.3) is 0 Å². The second-order valence-corrected chi connectivity index (χ2v) is 5.50. The standard InChI is InChI=1S/C13H16BrClN4/c1-2-19-8-9(7-17-19)6-12(18-16)10-4-3-5-11(14)13(10)15/h3-5,7-8,12,18H,2,6,16H2,1H3. The number of hydrogen-bond acceptors (Lipinski definition) is 3. The van der Waals surface area contributed by atoms with Crippen molar-refractivity contribution in [2.45, 2.75) is 25.9 Å². The van der Waals surface area contributed by atoms with Crippen LogP contribution in [0.3, 0.4) is 0 Å². The first-order chi connectivity index (χ1) is 9.15. The molecule has 4 nitrogen and oxygen atoms in total. The third-order valence-electron chi connectivity index (χ3n) is 3.01. The highest BCUT2D eigenvalue weighted by molar-refractivity contribution is 9.10. The number of aromatic nitrogens is 2. The molecule has 0 saturated heterocycles. The van der Waals surface area contributed by atoms with Gasteiger partial charge in [0.1, 0.15) is 0 Å². The van der Waals surface area contributed by atoms with E-state index in [4.69, 9.17) is 17.4 Å². The average molecular weight is 344 g/mol. The summed E-state index contributed by atoms with van der Waals surface area (Å²) in [4.78, 5) is 0. The van der Waals surface area contributed by atoms with Gasteiger partial charge in [0.05, 0.1) is 17.3 Å². The van der Waals surface area contributed by atoms with E-state index in [1.807, 2.05) is 35.3 Å². The predicted octanol–water partition coefficient (Wildman–Crippen LogP) is 3.07. The highest BCUT2D eigenvalue weighted by Crippen LogP contribution is 2.31. The fraction of sp³-hybridized carbons (Fsp3) is 0.308. The largest absolute Gasteiger partial charge is 0.273 e. The number of nitrogens with two attached hydrogens (primary N) is 1. The molecule has 1 atom stereocenters. The van der Waals surface area contributed by atoms with Crippen LogP contribution in [-0.2, 0) is 13.0 Å². The third kappa shape index (κ3) is 3.36. The van der Waals surface area contributed by atoms with Crippen molar-refractivity contribution in [3.8, 4) is 0 Å². The smallest absolute Gasteiger partial charge is 0.0596 e. The lowest BCUT2D eigenvalue weighted by molar-refractivity contribution is 0.551. The highest BCUT2D eigenvalue weighted by Gasteiger charge is 2.16. The summed E-state index contributed by atoms with van der Waals surface area (Å²) in [5.41, 5.74) is 4.92. The lowest BCUT2D eigenvalue weighted by Crippen LogP contribution is -2.29. The van der Waals surface area contributed by atoms with Crippen LogP contribution in [0.4, 0.5) is 0 Å². The number of nitrogens with one attached hydrogen (secondary N) is 1. The zero-order chi connectivity index (χ0) is 13.8. The molecule has 2 rings (SSSR count). The van der Waals surface area contributed by atoms with E-state index in [2.05, 4.69) is 33.4 Å². The molecular formula is C13H16BrClN4. The second-order valence-electron chi connectivity index (χ2n) is 4.27. The molecule has 1 aromatic carbocycles. The molecule has 2 aromatic rings. The maximum atomic E-state index is 6.30. The van der Waals surface area contributed by atoms with Crippen LogP contribution < -0.4 is 11.3 Å². The Morgan fingerprint density at radius 3 is 2.95 bits per heavy atom. The van der Waals surface area contributed by atoms with Crippen molar-refractivity contribution in [2.24, 2.45) is 5.84 Å². The summed E-state index contributed by atoms with van der Waals surface area (Å²) in [6.07, 6.45) is 4.63. The summed E-state index contributed by atoms with van der Waals surface area (Å²) in [6, 6.07) is 5.79. The number of nitrogens with zero attached hydrogens (tertiary/aromatic N) is 2. The number of rotatable bonds is 5. The second kappa shape index (κ2) is 6.52. The molecule has 3 N–H and O–H groups in total. The lowest BCUT2D eigenvalue weighted by Gasteiger charge is -2.17. The molecule has 0 spiro atoms. The molecule has 0 amide bonds. The van der Waals surface area contributed by atoms with Crippen LogP contribution in [0, 0.1) is 0 Å². The Kier molecular flexibility index (Phi) is 4.99. The van der Waals surface area contributed by atoms with Crippen molar-refractivity contribution in [2.75, 3.05) is 0 Å². The van der Waals surface area contributed by atoms with Crippen LogP contribution in [-0.4, -0.2) is 9.78 Å². The number of halogens is 2. The van der Waals surface area contributed by atoms with E-state index >= 15 is 0 Å². The minimum atomic E-state index is -0.0421. The van der Waals surface area contributed by atoms with Gasteiger partial charge in [0.15, 0.2) is 0 Å². The summed E-state index contributed by atoms with van der Waals surface area (Å²) in [5, 5.41) is 4.95. The topological polar surface area (TPSA) is 55.9 Å². The quantitative estimate of drug-likeness (QED) is 0.648. The van der Waals surface area contributed by atoms with E-state index in [9.17, 15) is 0 Å². The average Bonchev–Trinajstić information content (AvgIpc) is 2.87. The number of hydrogen-bond donors (Lipinski definition) is 2. The molecule has 102 valence electrons. The summed E-state index contributed by atoms with van der Waals surface area (Å²) >= 11 is 9.73. The zero-order valence-corrected chi connectivity index (χ0v) is 12.9. The van der Waals surface area contributed by atoms with Crippen molar-refractivity contribution in [3.63, 3.8) is 0 Å². The van der Waals surface area contributed by atoms with E-state index in [1.54, 1.807) is 0 Å². The number of hydrazine groups is 1. The first-order valence-corrected chi connectivity index (χ1v) is 7.24. The molecule has 1 heterocycles. The van der Waals surface area contributed by atoms with Gasteiger partial charge >= 0.3 is 0 Å². The third-order valence-corrected chi connectivity index (χ3v) is 4.32. The van der Waals surface area contributed by atoms with Crippen molar-refractivity contribution in [1.82, 2.24) is 15.2 Å². The Balaban J connectivity index is 2.22. The zero-order valence-electron chi connectivity index (χ0n) is 10.6. The Bertz CT molecular complexity index is 555. The molecule has 0 aliphatic rings.